The van der Waals surface area contributed by atoms with Gasteiger partial charge in [-0.1, -0.05) is 0 Å². The third-order valence-corrected chi connectivity index (χ3v) is 2.63. The van der Waals surface area contributed by atoms with Gasteiger partial charge in [-0.2, -0.15) is 0 Å². The van der Waals surface area contributed by atoms with E-state index in [-0.39, 0.29) is 0 Å². The summed E-state index contributed by atoms with van der Waals surface area (Å²) >= 11 is 0. The highest BCUT2D eigenvalue weighted by Crippen LogP contribution is 2.16. The molecule has 0 amide bonds. The van der Waals surface area contributed by atoms with Gasteiger partial charge < -0.3 is 15.2 Å². The van der Waals surface area contributed by atoms with E-state index in [1.165, 1.54) is 0 Å². The van der Waals surface area contributed by atoms with Gasteiger partial charge in [-0.3, -0.25) is 4.90 Å². The zero-order chi connectivity index (χ0) is 8.39. The van der Waals surface area contributed by atoms with Crippen molar-refractivity contribution in [3.05, 3.63) is 0 Å². The molecule has 2 rings (SSSR count). The van der Waals surface area contributed by atoms with Crippen LogP contribution in [-0.4, -0.2) is 56.5 Å². The van der Waals surface area contributed by atoms with Gasteiger partial charge in [-0.05, 0) is 0 Å². The molecule has 1 atom stereocenters. The molecule has 70 valence electrons. The normalized spacial score (nSPS) is 33.2. The van der Waals surface area contributed by atoms with Crippen LogP contribution in [-0.2, 0) is 9.47 Å². The second-order valence-corrected chi connectivity index (χ2v) is 3.39. The molecule has 0 radical (unpaired) electrons. The Hall–Kier alpha value is -0.160. The lowest BCUT2D eigenvalue weighted by Gasteiger charge is -2.44. The molecular weight excluding hydrogens is 156 g/mol. The third-order valence-electron chi connectivity index (χ3n) is 2.63. The molecule has 0 aromatic rings. The van der Waals surface area contributed by atoms with Crippen LogP contribution in [0.4, 0.5) is 0 Å². The van der Waals surface area contributed by atoms with Crippen LogP contribution in [0.25, 0.3) is 0 Å². The SMILES string of the molecule is NCC1COCCN1C1COC1. The summed E-state index contributed by atoms with van der Waals surface area (Å²) in [5, 5.41) is 0. The highest BCUT2D eigenvalue weighted by Gasteiger charge is 2.32. The van der Waals surface area contributed by atoms with Gasteiger partial charge in [0.2, 0.25) is 0 Å². The van der Waals surface area contributed by atoms with Crippen LogP contribution in [0.3, 0.4) is 0 Å². The van der Waals surface area contributed by atoms with Crippen LogP contribution in [0.15, 0.2) is 0 Å². The molecule has 2 fully saturated rings. The van der Waals surface area contributed by atoms with E-state index < -0.39 is 0 Å². The van der Waals surface area contributed by atoms with E-state index in [9.17, 15) is 0 Å². The van der Waals surface area contributed by atoms with E-state index in [1.54, 1.807) is 0 Å². The zero-order valence-electron chi connectivity index (χ0n) is 7.24. The van der Waals surface area contributed by atoms with E-state index in [0.29, 0.717) is 18.6 Å². The first-order chi connectivity index (χ1) is 5.92. The molecule has 0 bridgehead atoms. The van der Waals surface area contributed by atoms with Gasteiger partial charge in [0, 0.05) is 19.1 Å². The second kappa shape index (κ2) is 3.70. The molecule has 2 N–H and O–H groups in total. The van der Waals surface area contributed by atoms with Crippen molar-refractivity contribution in [2.45, 2.75) is 12.1 Å². The molecule has 0 aromatic heterocycles. The fourth-order valence-electron chi connectivity index (χ4n) is 1.77. The summed E-state index contributed by atoms with van der Waals surface area (Å²) in [6, 6.07) is 1.01. The molecule has 0 spiro atoms. The van der Waals surface area contributed by atoms with Gasteiger partial charge in [-0.15, -0.1) is 0 Å². The highest BCUT2D eigenvalue weighted by atomic mass is 16.5. The quantitative estimate of drug-likeness (QED) is 0.583. The van der Waals surface area contributed by atoms with E-state index >= 15 is 0 Å². The Kier molecular flexibility index (Phi) is 2.60. The number of ether oxygens (including phenoxy) is 2. The number of morpholine rings is 1. The number of rotatable bonds is 2. The lowest BCUT2D eigenvalue weighted by atomic mass is 10.1. The monoisotopic (exact) mass is 172 g/mol. The van der Waals surface area contributed by atoms with Crippen LogP contribution >= 0.6 is 0 Å². The van der Waals surface area contributed by atoms with Gasteiger partial charge in [-0.25, -0.2) is 0 Å². The molecule has 0 saturated carbocycles. The molecule has 1 unspecified atom stereocenters. The van der Waals surface area contributed by atoms with E-state index in [1.807, 2.05) is 0 Å². The van der Waals surface area contributed by atoms with Crippen molar-refractivity contribution in [2.75, 3.05) is 39.5 Å². The van der Waals surface area contributed by atoms with Gasteiger partial charge in [0.05, 0.1) is 32.5 Å². The van der Waals surface area contributed by atoms with Crippen LogP contribution in [0, 0.1) is 0 Å². The highest BCUT2D eigenvalue weighted by molar-refractivity contribution is 4.85. The molecule has 4 heteroatoms. The van der Waals surface area contributed by atoms with Crippen LogP contribution in [0.1, 0.15) is 0 Å². The van der Waals surface area contributed by atoms with Gasteiger partial charge >= 0.3 is 0 Å². The van der Waals surface area contributed by atoms with Gasteiger partial charge in [0.15, 0.2) is 0 Å². The number of hydrogen-bond donors (Lipinski definition) is 1. The zero-order valence-corrected chi connectivity index (χ0v) is 7.24. The summed E-state index contributed by atoms with van der Waals surface area (Å²) in [4.78, 5) is 2.42. The van der Waals surface area contributed by atoms with Crippen molar-refractivity contribution in [3.8, 4) is 0 Å². The van der Waals surface area contributed by atoms with Crippen LogP contribution in [0.2, 0.25) is 0 Å². The molecular formula is C8H16N2O2. The summed E-state index contributed by atoms with van der Waals surface area (Å²) in [6.07, 6.45) is 0. The Morgan fingerprint density at radius 3 is 2.67 bits per heavy atom. The van der Waals surface area contributed by atoms with Crippen molar-refractivity contribution >= 4 is 0 Å². The van der Waals surface area contributed by atoms with Crippen molar-refractivity contribution in [2.24, 2.45) is 5.73 Å². The van der Waals surface area contributed by atoms with Gasteiger partial charge in [0.1, 0.15) is 0 Å². The molecule has 2 saturated heterocycles. The third kappa shape index (κ3) is 1.47. The molecule has 4 nitrogen and oxygen atoms in total. The summed E-state index contributed by atoms with van der Waals surface area (Å²) < 4.78 is 10.5. The summed E-state index contributed by atoms with van der Waals surface area (Å²) in [5.74, 6) is 0. The number of nitrogens with zero attached hydrogens (tertiary/aromatic N) is 1. The van der Waals surface area contributed by atoms with Crippen molar-refractivity contribution in [1.82, 2.24) is 4.90 Å². The Morgan fingerprint density at radius 1 is 1.25 bits per heavy atom. The second-order valence-electron chi connectivity index (χ2n) is 3.39. The maximum absolute atomic E-state index is 5.65. The number of nitrogens with two attached hydrogens (primary N) is 1. The number of hydrogen-bond acceptors (Lipinski definition) is 4. The lowest BCUT2D eigenvalue weighted by Crippen LogP contribution is -2.59. The maximum Gasteiger partial charge on any atom is 0.0645 e. The Labute approximate surface area is 72.6 Å². The first kappa shape index (κ1) is 8.44. The molecule has 2 heterocycles. The molecule has 0 aromatic carbocycles. The summed E-state index contributed by atoms with van der Waals surface area (Å²) in [6.45, 7) is 5.07. The molecule has 12 heavy (non-hydrogen) atoms. The molecule has 0 aliphatic carbocycles. The lowest BCUT2D eigenvalue weighted by molar-refractivity contribution is -0.114. The Morgan fingerprint density at radius 2 is 2.08 bits per heavy atom. The average molecular weight is 172 g/mol. The Bertz CT molecular complexity index is 150. The first-order valence-corrected chi connectivity index (χ1v) is 4.53. The minimum absolute atomic E-state index is 0.410. The first-order valence-electron chi connectivity index (χ1n) is 4.53. The van der Waals surface area contributed by atoms with E-state index in [2.05, 4.69) is 4.90 Å². The van der Waals surface area contributed by atoms with E-state index in [4.69, 9.17) is 15.2 Å². The van der Waals surface area contributed by atoms with Crippen molar-refractivity contribution < 1.29 is 9.47 Å². The summed E-state index contributed by atoms with van der Waals surface area (Å²) in [7, 11) is 0. The van der Waals surface area contributed by atoms with Crippen molar-refractivity contribution in [3.63, 3.8) is 0 Å². The predicted molar refractivity (Wildman–Crippen MR) is 45.0 cm³/mol. The molecule has 2 aliphatic rings. The minimum atomic E-state index is 0.410. The van der Waals surface area contributed by atoms with Crippen LogP contribution < -0.4 is 5.73 Å². The standard InChI is InChI=1S/C8H16N2O2/c9-3-7-4-11-2-1-10(7)8-5-12-6-8/h7-8H,1-6,9H2. The largest absolute Gasteiger partial charge is 0.378 e. The summed E-state index contributed by atoms with van der Waals surface area (Å²) in [5.41, 5.74) is 5.65. The molecule has 2 aliphatic heterocycles. The topological polar surface area (TPSA) is 47.7 Å². The Balaban J connectivity index is 1.90. The van der Waals surface area contributed by atoms with Gasteiger partial charge in [0.25, 0.3) is 0 Å². The fraction of sp³-hybridized carbons (Fsp3) is 1.00. The smallest absolute Gasteiger partial charge is 0.0645 e. The predicted octanol–water partition coefficient (Wildman–Crippen LogP) is -0.955. The van der Waals surface area contributed by atoms with Crippen LogP contribution in [0.5, 0.6) is 0 Å². The average Bonchev–Trinajstić information content (AvgIpc) is 2.02. The van der Waals surface area contributed by atoms with E-state index in [0.717, 1.165) is 33.0 Å². The van der Waals surface area contributed by atoms with Crippen molar-refractivity contribution in [1.29, 1.82) is 0 Å². The fourth-order valence-corrected chi connectivity index (χ4v) is 1.77. The minimum Gasteiger partial charge on any atom is -0.378 e. The maximum atomic E-state index is 5.65.